The lowest BCUT2D eigenvalue weighted by Crippen LogP contribution is -2.65. The predicted octanol–water partition coefficient (Wildman–Crippen LogP) is 7.15. The van der Waals surface area contributed by atoms with Crippen LogP contribution in [0.5, 0.6) is 0 Å². The summed E-state index contributed by atoms with van der Waals surface area (Å²) in [6, 6.07) is -7.74. The minimum atomic E-state index is -4.76. The van der Waals surface area contributed by atoms with Crippen LogP contribution in [0.1, 0.15) is 201 Å². The van der Waals surface area contributed by atoms with Crippen molar-refractivity contribution in [3.8, 4) is 0 Å². The Morgan fingerprint density at radius 1 is 0.612 bits per heavy atom. The first-order valence-corrected chi connectivity index (χ1v) is 38.1. The number of amides is 12. The average Bonchev–Trinajstić information content (AvgIpc) is 1.76. The molecule has 7 rings (SSSR count). The van der Waals surface area contributed by atoms with E-state index in [0.29, 0.717) is 63.6 Å². The molecule has 2 N–H and O–H groups in total. The molecular weight excluding hydrogens is 1350 g/mol. The fourth-order valence-electron chi connectivity index (χ4n) is 16.4. The molecule has 6 aliphatic rings. The third-order valence-corrected chi connectivity index (χ3v) is 23.4. The molecule has 12 amide bonds. The number of halogens is 4. The number of nitrogens with one attached hydrogen (secondary N) is 2. The van der Waals surface area contributed by atoms with E-state index in [0.717, 1.165) is 50.7 Å². The van der Waals surface area contributed by atoms with Crippen LogP contribution in [-0.4, -0.2) is 262 Å². The number of hydrogen-bond acceptors (Lipinski definition) is 12. The molecule has 0 radical (unpaired) electrons. The Labute approximate surface area is 612 Å². The van der Waals surface area contributed by atoms with Crippen molar-refractivity contribution >= 4 is 82.5 Å². The number of nitrogens with zero attached hydrogens (tertiary/aromatic N) is 10. The Balaban J connectivity index is 1.32. The standard InChI is InChI=1S/C75H116ClF3N12O12/c1-15-26-54-70(100)91-40-34-56(91)67(97)85(11)58(43-49-27-19-17-20-28-49)66(96)82(8)45-60(92)80-53(33-31-50-30-32-51(52(76)42-50)75(77,78)79)65(95)90-39-25-29-55(90)68(98)88(14)74(35-21-22-36-74)73(103)87(13)63(47(5)6)72(102)86(12)59(69(99)89-37-23-18-24-38-89)44-61(93)83(9)57(41-46(3)4)64(94)81-62(48(7)16-2)71(101)84(54)10/h30,32,42,46-49,53-59,62-63H,15-29,31,33-41,43-45H2,1-14H3,(H,80,92)(H,81,94)/t48-,53-,54-,55-,56-,57-,58-,59-,62-,63-/m0/s1. The monoisotopic (exact) mass is 1470 g/mol. The van der Waals surface area contributed by atoms with Crippen molar-refractivity contribution in [2.45, 2.75) is 262 Å². The van der Waals surface area contributed by atoms with E-state index in [1.54, 1.807) is 25.7 Å². The minimum Gasteiger partial charge on any atom is -0.343 e. The quantitative estimate of drug-likeness (QED) is 0.200. The highest BCUT2D eigenvalue weighted by molar-refractivity contribution is 6.31. The molecule has 103 heavy (non-hydrogen) atoms. The van der Waals surface area contributed by atoms with Crippen molar-refractivity contribution < 1.29 is 70.7 Å². The van der Waals surface area contributed by atoms with Gasteiger partial charge in [-0.1, -0.05) is 124 Å². The van der Waals surface area contributed by atoms with E-state index < -0.39 is 172 Å². The molecule has 4 aliphatic heterocycles. The lowest BCUT2D eigenvalue weighted by Gasteiger charge is -2.46. The summed E-state index contributed by atoms with van der Waals surface area (Å²) in [6.07, 6.45) is 4.51. The molecule has 1 spiro atoms. The fraction of sp³-hybridized carbons (Fsp3) is 0.760. The maximum Gasteiger partial charge on any atom is 0.417 e. The predicted molar refractivity (Wildman–Crippen MR) is 383 cm³/mol. The fourth-order valence-corrected chi connectivity index (χ4v) is 16.7. The molecule has 4 saturated heterocycles. The molecule has 4 heterocycles. The average molecular weight is 1470 g/mol. The van der Waals surface area contributed by atoms with Crippen LogP contribution in [0.25, 0.3) is 0 Å². The molecule has 6 fully saturated rings. The molecule has 10 atom stereocenters. The van der Waals surface area contributed by atoms with Crippen LogP contribution in [-0.2, 0) is 70.1 Å². The summed E-state index contributed by atoms with van der Waals surface area (Å²) >= 11 is 6.19. The van der Waals surface area contributed by atoms with Gasteiger partial charge in [0, 0.05) is 75.5 Å². The topological polar surface area (TPSA) is 261 Å². The smallest absolute Gasteiger partial charge is 0.343 e. The first-order valence-electron chi connectivity index (χ1n) is 37.7. The molecule has 0 unspecified atom stereocenters. The molecule has 2 saturated carbocycles. The van der Waals surface area contributed by atoms with Crippen LogP contribution in [0.3, 0.4) is 0 Å². The first kappa shape index (κ1) is 83.2. The second-order valence-corrected chi connectivity index (χ2v) is 31.4. The van der Waals surface area contributed by atoms with E-state index in [-0.39, 0.29) is 82.7 Å². The third kappa shape index (κ3) is 19.3. The van der Waals surface area contributed by atoms with Gasteiger partial charge >= 0.3 is 6.18 Å². The normalized spacial score (nSPS) is 27.5. The van der Waals surface area contributed by atoms with E-state index in [1.807, 2.05) is 27.7 Å². The Hall–Kier alpha value is -7.06. The second-order valence-electron chi connectivity index (χ2n) is 31.0. The van der Waals surface area contributed by atoms with Gasteiger partial charge < -0.3 is 59.6 Å². The molecule has 0 bridgehead atoms. The van der Waals surface area contributed by atoms with E-state index in [9.17, 15) is 18.0 Å². The molecular formula is C75H116ClF3N12O12. The summed E-state index contributed by atoms with van der Waals surface area (Å²) in [5.74, 6) is -8.61. The first-order chi connectivity index (χ1) is 48.5. The largest absolute Gasteiger partial charge is 0.417 e. The lowest BCUT2D eigenvalue weighted by atomic mass is 9.84. The molecule has 2 aliphatic carbocycles. The van der Waals surface area contributed by atoms with Crippen molar-refractivity contribution in [2.24, 2.45) is 23.7 Å². The zero-order valence-electron chi connectivity index (χ0n) is 63.4. The van der Waals surface area contributed by atoms with Crippen LogP contribution in [0.4, 0.5) is 13.2 Å². The van der Waals surface area contributed by atoms with E-state index in [4.69, 9.17) is 11.6 Å². The van der Waals surface area contributed by atoms with Crippen LogP contribution < -0.4 is 10.6 Å². The number of carbonyl (C=O) groups excluding carboxylic acids is 12. The van der Waals surface area contributed by atoms with Gasteiger partial charge in [0.25, 0.3) is 0 Å². The van der Waals surface area contributed by atoms with Crippen LogP contribution in [0.2, 0.25) is 5.02 Å². The van der Waals surface area contributed by atoms with Crippen molar-refractivity contribution in [1.82, 2.24) is 59.6 Å². The molecule has 24 nitrogen and oxygen atoms in total. The number of piperidine rings is 1. The minimum absolute atomic E-state index is 0.0215. The number of hydrogen-bond donors (Lipinski definition) is 2. The highest BCUT2D eigenvalue weighted by Crippen LogP contribution is 2.40. The van der Waals surface area contributed by atoms with Gasteiger partial charge in [-0.05, 0) is 125 Å². The Morgan fingerprint density at radius 2 is 1.22 bits per heavy atom. The maximum absolute atomic E-state index is 15.7. The molecule has 0 aromatic heterocycles. The van der Waals surface area contributed by atoms with Gasteiger partial charge in [0.15, 0.2) is 0 Å². The van der Waals surface area contributed by atoms with E-state index in [1.165, 1.54) is 99.5 Å². The summed E-state index contributed by atoms with van der Waals surface area (Å²) in [6.45, 7) is 13.1. The highest BCUT2D eigenvalue weighted by atomic mass is 35.5. The number of benzene rings is 1. The van der Waals surface area contributed by atoms with Gasteiger partial charge in [-0.15, -0.1) is 0 Å². The molecule has 1 aromatic rings. The third-order valence-electron chi connectivity index (χ3n) is 23.1. The molecule has 576 valence electrons. The number of carbonyl (C=O) groups is 12. The summed E-state index contributed by atoms with van der Waals surface area (Å²) in [7, 11) is 10.2. The van der Waals surface area contributed by atoms with Crippen LogP contribution in [0.15, 0.2) is 18.2 Å². The van der Waals surface area contributed by atoms with Crippen LogP contribution >= 0.6 is 11.6 Å². The second kappa shape index (κ2) is 36.3. The van der Waals surface area contributed by atoms with E-state index >= 15 is 52.7 Å². The number of rotatable bonds is 13. The number of alkyl halides is 3. The van der Waals surface area contributed by atoms with Crippen molar-refractivity contribution in [3.63, 3.8) is 0 Å². The SMILES string of the molecule is CCC[C@H]1C(=O)N2CC[C@H]2C(=O)N(C)[C@@H](CC2CCCCC2)C(=O)N(C)CC(=O)N[C@@H](CCc2ccc(C(F)(F)F)c(Cl)c2)C(=O)N2CCC[C@H]2C(=O)N(C)C2(CCCC2)C(=O)N(C)[C@@H](C(C)C)C(=O)N(C)[C@H](C(=O)N2CCCCC2)CC(=O)N(C)[C@@H](CC(C)C)C(=O)N[C@@H]([C@@H](C)CC)C(=O)N1C. The number of aryl methyl sites for hydroxylation is 1. The van der Waals surface area contributed by atoms with Crippen LogP contribution in [0, 0.1) is 23.7 Å². The van der Waals surface area contributed by atoms with Gasteiger partial charge in [0.1, 0.15) is 59.9 Å². The van der Waals surface area contributed by atoms with Gasteiger partial charge in [0.05, 0.1) is 23.6 Å². The van der Waals surface area contributed by atoms with Gasteiger partial charge in [0.2, 0.25) is 70.9 Å². The summed E-state index contributed by atoms with van der Waals surface area (Å²) in [5, 5.41) is 5.21. The molecule has 1 aromatic carbocycles. The van der Waals surface area contributed by atoms with Gasteiger partial charge in [-0.2, -0.15) is 13.2 Å². The van der Waals surface area contributed by atoms with Crippen molar-refractivity contribution in [3.05, 3.63) is 34.3 Å². The maximum atomic E-state index is 15.7. The number of likely N-dealkylation sites (N-methyl/N-ethyl adjacent to an activating group) is 7. The van der Waals surface area contributed by atoms with Crippen molar-refractivity contribution in [1.29, 1.82) is 0 Å². The van der Waals surface area contributed by atoms with Crippen molar-refractivity contribution in [2.75, 3.05) is 82.1 Å². The Kier molecular flexibility index (Phi) is 29.3. The zero-order chi connectivity index (χ0) is 76.3. The Morgan fingerprint density at radius 3 is 1.80 bits per heavy atom. The zero-order valence-corrected chi connectivity index (χ0v) is 64.2. The van der Waals surface area contributed by atoms with Gasteiger partial charge in [-0.25, -0.2) is 0 Å². The Bertz CT molecular complexity index is 3230. The number of likely N-dealkylation sites (tertiary alicyclic amines) is 1. The van der Waals surface area contributed by atoms with E-state index in [2.05, 4.69) is 10.6 Å². The van der Waals surface area contributed by atoms with Gasteiger partial charge in [-0.3, -0.25) is 57.5 Å². The molecule has 28 heteroatoms. The highest BCUT2D eigenvalue weighted by Gasteiger charge is 2.54. The summed E-state index contributed by atoms with van der Waals surface area (Å²) in [4.78, 5) is 196. The summed E-state index contributed by atoms with van der Waals surface area (Å²) in [5.41, 5.74) is -2.31. The number of fused-ring (bicyclic) bond motifs is 2. The lowest BCUT2D eigenvalue weighted by molar-refractivity contribution is -0.161. The summed E-state index contributed by atoms with van der Waals surface area (Å²) < 4.78 is 41.8.